The van der Waals surface area contributed by atoms with Crippen molar-refractivity contribution in [2.24, 2.45) is 0 Å². The van der Waals surface area contributed by atoms with Crippen LogP contribution in [-0.4, -0.2) is 21.0 Å². The van der Waals surface area contributed by atoms with Gasteiger partial charge in [-0.05, 0) is 31.4 Å². The van der Waals surface area contributed by atoms with E-state index < -0.39 is 0 Å². The van der Waals surface area contributed by atoms with Gasteiger partial charge in [-0.1, -0.05) is 30.3 Å². The smallest absolute Gasteiger partial charge is 0.260 e. The van der Waals surface area contributed by atoms with Gasteiger partial charge in [0.05, 0.1) is 5.56 Å². The molecule has 128 valence electrons. The fourth-order valence-electron chi connectivity index (χ4n) is 2.44. The Labute approximate surface area is 145 Å². The van der Waals surface area contributed by atoms with Gasteiger partial charge in [0.25, 0.3) is 5.91 Å². The third kappa shape index (κ3) is 3.82. The number of anilines is 3. The minimum atomic E-state index is -0.343. The molecule has 0 spiro atoms. The molecular weight excluding hydrogens is 318 g/mol. The highest BCUT2D eigenvalue weighted by Gasteiger charge is 2.11. The number of para-hydroxylation sites is 1. The second-order valence-electron chi connectivity index (χ2n) is 5.66. The van der Waals surface area contributed by atoms with Crippen molar-refractivity contribution >= 4 is 23.4 Å². The van der Waals surface area contributed by atoms with E-state index in [-0.39, 0.29) is 5.91 Å². The standard InChI is InChI=1S/C18H19N5O2/c1-4-13-7-5-6-11(2)16(13)22-18-19-9-14(10-20-18)17(24)21-15-8-12(3)25-23-15/h5-10H,4H2,1-3H3,(H,19,20,22)(H,21,23,24). The van der Waals surface area contributed by atoms with Crippen LogP contribution in [-0.2, 0) is 6.42 Å². The number of carbonyl (C=O) groups is 1. The summed E-state index contributed by atoms with van der Waals surface area (Å²) < 4.78 is 4.91. The first-order valence-electron chi connectivity index (χ1n) is 7.99. The summed E-state index contributed by atoms with van der Waals surface area (Å²) in [6, 6.07) is 7.76. The van der Waals surface area contributed by atoms with E-state index in [2.05, 4.69) is 38.7 Å². The molecule has 0 saturated carbocycles. The maximum absolute atomic E-state index is 12.2. The van der Waals surface area contributed by atoms with Crippen molar-refractivity contribution in [3.8, 4) is 0 Å². The number of aryl methyl sites for hydroxylation is 3. The molecule has 2 aromatic heterocycles. The maximum Gasteiger partial charge on any atom is 0.260 e. The van der Waals surface area contributed by atoms with Gasteiger partial charge < -0.3 is 15.2 Å². The molecule has 1 aromatic carbocycles. The van der Waals surface area contributed by atoms with Crippen LogP contribution in [0.25, 0.3) is 0 Å². The molecule has 0 atom stereocenters. The van der Waals surface area contributed by atoms with E-state index in [1.54, 1.807) is 13.0 Å². The number of amides is 1. The Kier molecular flexibility index (Phi) is 4.74. The van der Waals surface area contributed by atoms with Crippen molar-refractivity contribution in [1.82, 2.24) is 15.1 Å². The molecule has 2 N–H and O–H groups in total. The molecule has 0 fully saturated rings. The highest BCUT2D eigenvalue weighted by Crippen LogP contribution is 2.23. The molecule has 0 bridgehead atoms. The van der Waals surface area contributed by atoms with E-state index in [1.807, 2.05) is 19.1 Å². The van der Waals surface area contributed by atoms with Gasteiger partial charge in [-0.2, -0.15) is 0 Å². The van der Waals surface area contributed by atoms with Crippen molar-refractivity contribution in [3.63, 3.8) is 0 Å². The van der Waals surface area contributed by atoms with Crippen LogP contribution in [0.4, 0.5) is 17.5 Å². The molecule has 25 heavy (non-hydrogen) atoms. The Bertz CT molecular complexity index is 887. The summed E-state index contributed by atoms with van der Waals surface area (Å²) in [6.07, 6.45) is 3.85. The van der Waals surface area contributed by atoms with Gasteiger partial charge in [0.15, 0.2) is 5.82 Å². The van der Waals surface area contributed by atoms with Crippen molar-refractivity contribution < 1.29 is 9.32 Å². The highest BCUT2D eigenvalue weighted by atomic mass is 16.5. The van der Waals surface area contributed by atoms with Gasteiger partial charge in [0, 0.05) is 24.1 Å². The zero-order valence-electron chi connectivity index (χ0n) is 14.3. The van der Waals surface area contributed by atoms with Crippen LogP contribution < -0.4 is 10.6 Å². The molecule has 0 aliphatic heterocycles. The number of hydrogen-bond donors (Lipinski definition) is 2. The van der Waals surface area contributed by atoms with E-state index in [9.17, 15) is 4.79 Å². The molecule has 0 radical (unpaired) electrons. The van der Waals surface area contributed by atoms with Crippen LogP contribution in [0.3, 0.4) is 0 Å². The van der Waals surface area contributed by atoms with E-state index in [1.165, 1.54) is 18.0 Å². The Morgan fingerprint density at radius 3 is 2.60 bits per heavy atom. The van der Waals surface area contributed by atoms with Crippen molar-refractivity contribution in [2.75, 3.05) is 10.6 Å². The lowest BCUT2D eigenvalue weighted by molar-refractivity contribution is 0.102. The minimum absolute atomic E-state index is 0.340. The van der Waals surface area contributed by atoms with Gasteiger partial charge in [-0.3, -0.25) is 4.79 Å². The van der Waals surface area contributed by atoms with Crippen LogP contribution in [0.2, 0.25) is 0 Å². The van der Waals surface area contributed by atoms with Crippen LogP contribution >= 0.6 is 0 Å². The van der Waals surface area contributed by atoms with Crippen LogP contribution in [0, 0.1) is 13.8 Å². The lowest BCUT2D eigenvalue weighted by atomic mass is 10.1. The normalized spacial score (nSPS) is 10.5. The van der Waals surface area contributed by atoms with Crippen molar-refractivity contribution in [2.45, 2.75) is 27.2 Å². The van der Waals surface area contributed by atoms with Crippen LogP contribution in [0.1, 0.15) is 34.2 Å². The molecule has 0 saturated heterocycles. The topological polar surface area (TPSA) is 92.9 Å². The van der Waals surface area contributed by atoms with Crippen molar-refractivity contribution in [1.29, 1.82) is 0 Å². The molecule has 1 amide bonds. The molecular formula is C18H19N5O2. The first kappa shape index (κ1) is 16.6. The third-order valence-corrected chi connectivity index (χ3v) is 3.76. The minimum Gasteiger partial charge on any atom is -0.360 e. The van der Waals surface area contributed by atoms with Gasteiger partial charge in [0.2, 0.25) is 5.95 Å². The Hall–Kier alpha value is -3.22. The molecule has 7 nitrogen and oxygen atoms in total. The quantitative estimate of drug-likeness (QED) is 0.738. The number of nitrogens with zero attached hydrogens (tertiary/aromatic N) is 3. The molecule has 0 aliphatic carbocycles. The fraction of sp³-hybridized carbons (Fsp3) is 0.222. The summed E-state index contributed by atoms with van der Waals surface area (Å²) in [5, 5.41) is 9.58. The molecule has 0 unspecified atom stereocenters. The Morgan fingerprint density at radius 1 is 1.20 bits per heavy atom. The first-order valence-corrected chi connectivity index (χ1v) is 7.99. The van der Waals surface area contributed by atoms with Gasteiger partial charge in [-0.15, -0.1) is 0 Å². The monoisotopic (exact) mass is 337 g/mol. The average molecular weight is 337 g/mol. The van der Waals surface area contributed by atoms with Crippen molar-refractivity contribution in [3.05, 3.63) is 59.1 Å². The zero-order valence-corrected chi connectivity index (χ0v) is 14.3. The van der Waals surface area contributed by atoms with Crippen LogP contribution in [0.5, 0.6) is 0 Å². The Morgan fingerprint density at radius 2 is 1.96 bits per heavy atom. The maximum atomic E-state index is 12.2. The summed E-state index contributed by atoms with van der Waals surface area (Å²) in [5.41, 5.74) is 3.64. The van der Waals surface area contributed by atoms with Gasteiger partial charge in [-0.25, -0.2) is 9.97 Å². The molecule has 0 aliphatic rings. The van der Waals surface area contributed by atoms with Gasteiger partial charge in [0.1, 0.15) is 5.76 Å². The molecule has 2 heterocycles. The second kappa shape index (κ2) is 7.12. The largest absolute Gasteiger partial charge is 0.360 e. The van der Waals surface area contributed by atoms with E-state index in [0.717, 1.165) is 17.7 Å². The molecule has 3 aromatic rings. The highest BCUT2D eigenvalue weighted by molar-refractivity contribution is 6.03. The summed E-state index contributed by atoms with van der Waals surface area (Å²) in [5.74, 6) is 1.08. The summed E-state index contributed by atoms with van der Waals surface area (Å²) in [7, 11) is 0. The number of benzene rings is 1. The predicted molar refractivity (Wildman–Crippen MR) is 95.1 cm³/mol. The second-order valence-corrected chi connectivity index (χ2v) is 5.66. The summed E-state index contributed by atoms with van der Waals surface area (Å²) in [4.78, 5) is 20.6. The average Bonchev–Trinajstić information content (AvgIpc) is 3.02. The SMILES string of the molecule is CCc1cccc(C)c1Nc1ncc(C(=O)Nc2cc(C)on2)cn1. The lowest BCUT2D eigenvalue weighted by Crippen LogP contribution is -2.13. The Balaban J connectivity index is 1.73. The first-order chi connectivity index (χ1) is 12.1. The number of hydrogen-bond acceptors (Lipinski definition) is 6. The van der Waals surface area contributed by atoms with Gasteiger partial charge >= 0.3 is 0 Å². The molecule has 3 rings (SSSR count). The number of aromatic nitrogens is 3. The number of carbonyl (C=O) groups excluding carboxylic acids is 1. The predicted octanol–water partition coefficient (Wildman–Crippen LogP) is 3.64. The van der Waals surface area contributed by atoms with E-state index in [4.69, 9.17) is 4.52 Å². The zero-order chi connectivity index (χ0) is 17.8. The van der Waals surface area contributed by atoms with E-state index in [0.29, 0.717) is 23.1 Å². The lowest BCUT2D eigenvalue weighted by Gasteiger charge is -2.12. The summed E-state index contributed by atoms with van der Waals surface area (Å²) in [6.45, 7) is 5.88. The summed E-state index contributed by atoms with van der Waals surface area (Å²) >= 11 is 0. The fourth-order valence-corrected chi connectivity index (χ4v) is 2.44. The number of rotatable bonds is 5. The van der Waals surface area contributed by atoms with E-state index >= 15 is 0 Å². The third-order valence-electron chi connectivity index (χ3n) is 3.76. The number of nitrogens with one attached hydrogen (secondary N) is 2. The molecule has 7 heteroatoms. The van der Waals surface area contributed by atoms with Crippen LogP contribution in [0.15, 0.2) is 41.2 Å².